The summed E-state index contributed by atoms with van der Waals surface area (Å²) in [4.78, 5) is 0. The Morgan fingerprint density at radius 1 is 1.05 bits per heavy atom. The van der Waals surface area contributed by atoms with Crippen molar-refractivity contribution in [1.29, 1.82) is 0 Å². The van der Waals surface area contributed by atoms with Crippen LogP contribution in [-0.2, 0) is 13.0 Å². The quantitative estimate of drug-likeness (QED) is 0.505. The SMILES string of the molecule is C/C(Cc1ccc(OCc2c(C)cccc2C)cc1)=N/O. The summed E-state index contributed by atoms with van der Waals surface area (Å²) in [7, 11) is 0. The summed E-state index contributed by atoms with van der Waals surface area (Å²) in [6.45, 7) is 6.58. The minimum atomic E-state index is 0.578. The number of hydrogen-bond acceptors (Lipinski definition) is 3. The van der Waals surface area contributed by atoms with Gasteiger partial charge in [-0.3, -0.25) is 0 Å². The van der Waals surface area contributed by atoms with Crippen LogP contribution in [0.4, 0.5) is 0 Å². The summed E-state index contributed by atoms with van der Waals surface area (Å²) in [6.07, 6.45) is 0.647. The van der Waals surface area contributed by atoms with Gasteiger partial charge in [0.05, 0.1) is 5.71 Å². The first-order valence-corrected chi connectivity index (χ1v) is 7.04. The summed E-state index contributed by atoms with van der Waals surface area (Å²) in [5.41, 5.74) is 5.54. The molecular formula is C18H21NO2. The topological polar surface area (TPSA) is 41.8 Å². The van der Waals surface area contributed by atoms with Crippen LogP contribution in [0.15, 0.2) is 47.6 Å². The Kier molecular flexibility index (Phi) is 4.99. The normalized spacial score (nSPS) is 11.5. The third-order valence-corrected chi connectivity index (χ3v) is 3.58. The molecule has 0 unspecified atom stereocenters. The number of nitrogens with zero attached hydrogens (tertiary/aromatic N) is 1. The van der Waals surface area contributed by atoms with Gasteiger partial charge in [0.2, 0.25) is 0 Å². The third kappa shape index (κ3) is 4.09. The van der Waals surface area contributed by atoms with E-state index in [9.17, 15) is 0 Å². The van der Waals surface area contributed by atoms with Crippen LogP contribution in [0.25, 0.3) is 0 Å². The number of oxime groups is 1. The van der Waals surface area contributed by atoms with Gasteiger partial charge in [0.25, 0.3) is 0 Å². The monoisotopic (exact) mass is 283 g/mol. The van der Waals surface area contributed by atoms with E-state index in [2.05, 4.69) is 37.2 Å². The van der Waals surface area contributed by atoms with Crippen molar-refractivity contribution in [3.05, 3.63) is 64.7 Å². The van der Waals surface area contributed by atoms with E-state index in [1.807, 2.05) is 24.3 Å². The highest BCUT2D eigenvalue weighted by Gasteiger charge is 2.03. The molecule has 2 aromatic carbocycles. The Bertz CT molecular complexity index is 610. The molecule has 0 fully saturated rings. The largest absolute Gasteiger partial charge is 0.489 e. The first-order chi connectivity index (χ1) is 10.1. The van der Waals surface area contributed by atoms with Crippen LogP contribution in [0.2, 0.25) is 0 Å². The van der Waals surface area contributed by atoms with Gasteiger partial charge < -0.3 is 9.94 Å². The van der Waals surface area contributed by atoms with E-state index in [0.717, 1.165) is 11.3 Å². The lowest BCUT2D eigenvalue weighted by Crippen LogP contribution is -2.01. The predicted octanol–water partition coefficient (Wildman–Crippen LogP) is 4.28. The summed E-state index contributed by atoms with van der Waals surface area (Å²) >= 11 is 0. The molecule has 2 aromatic rings. The molecule has 3 heteroatoms. The maximum absolute atomic E-state index is 8.68. The lowest BCUT2D eigenvalue weighted by molar-refractivity contribution is 0.304. The zero-order valence-corrected chi connectivity index (χ0v) is 12.8. The van der Waals surface area contributed by atoms with Crippen molar-refractivity contribution in [2.45, 2.75) is 33.8 Å². The Labute approximate surface area is 125 Å². The first-order valence-electron chi connectivity index (χ1n) is 7.04. The second-order valence-corrected chi connectivity index (χ2v) is 5.32. The van der Waals surface area contributed by atoms with Crippen molar-refractivity contribution in [2.24, 2.45) is 5.16 Å². The highest BCUT2D eigenvalue weighted by atomic mass is 16.5. The maximum Gasteiger partial charge on any atom is 0.119 e. The fourth-order valence-electron chi connectivity index (χ4n) is 2.27. The van der Waals surface area contributed by atoms with Crippen LogP contribution in [-0.4, -0.2) is 10.9 Å². The molecule has 0 aliphatic rings. The van der Waals surface area contributed by atoms with E-state index in [1.54, 1.807) is 6.92 Å². The third-order valence-electron chi connectivity index (χ3n) is 3.58. The van der Waals surface area contributed by atoms with E-state index >= 15 is 0 Å². The van der Waals surface area contributed by atoms with E-state index in [-0.39, 0.29) is 0 Å². The van der Waals surface area contributed by atoms with Gasteiger partial charge in [-0.2, -0.15) is 0 Å². The van der Waals surface area contributed by atoms with Crippen molar-refractivity contribution in [1.82, 2.24) is 0 Å². The lowest BCUT2D eigenvalue weighted by atomic mass is 10.0. The van der Waals surface area contributed by atoms with Crippen molar-refractivity contribution in [3.8, 4) is 5.75 Å². The second-order valence-electron chi connectivity index (χ2n) is 5.32. The van der Waals surface area contributed by atoms with Crippen LogP contribution in [0.1, 0.15) is 29.2 Å². The van der Waals surface area contributed by atoms with E-state index in [4.69, 9.17) is 9.94 Å². The van der Waals surface area contributed by atoms with E-state index < -0.39 is 0 Å². The standard InChI is InChI=1S/C18H21NO2/c1-13-5-4-6-14(2)18(13)12-21-17-9-7-16(8-10-17)11-15(3)19-20/h4-10,20H,11-12H2,1-3H3/b19-15-. The Morgan fingerprint density at radius 3 is 2.24 bits per heavy atom. The molecule has 0 amide bonds. The maximum atomic E-state index is 8.68. The molecule has 0 aliphatic carbocycles. The molecule has 0 saturated heterocycles. The Hall–Kier alpha value is -2.29. The molecule has 0 radical (unpaired) electrons. The van der Waals surface area contributed by atoms with Crippen molar-refractivity contribution >= 4 is 5.71 Å². The number of rotatable bonds is 5. The smallest absolute Gasteiger partial charge is 0.119 e. The zero-order chi connectivity index (χ0) is 15.2. The molecular weight excluding hydrogens is 262 g/mol. The van der Waals surface area contributed by atoms with Gasteiger partial charge in [-0.05, 0) is 55.2 Å². The molecule has 0 saturated carbocycles. The number of ether oxygens (including phenoxy) is 1. The number of hydrogen-bond donors (Lipinski definition) is 1. The minimum absolute atomic E-state index is 0.578. The molecule has 3 nitrogen and oxygen atoms in total. The predicted molar refractivity (Wildman–Crippen MR) is 85.3 cm³/mol. The Balaban J connectivity index is 2.01. The molecule has 110 valence electrons. The number of benzene rings is 2. The lowest BCUT2D eigenvalue weighted by Gasteiger charge is -2.11. The highest BCUT2D eigenvalue weighted by molar-refractivity contribution is 5.83. The van der Waals surface area contributed by atoms with Crippen LogP contribution >= 0.6 is 0 Å². The average molecular weight is 283 g/mol. The molecule has 1 N–H and O–H groups in total. The fourth-order valence-corrected chi connectivity index (χ4v) is 2.27. The van der Waals surface area contributed by atoms with Crippen LogP contribution in [0.3, 0.4) is 0 Å². The summed E-state index contributed by atoms with van der Waals surface area (Å²) in [5.74, 6) is 0.847. The minimum Gasteiger partial charge on any atom is -0.489 e. The van der Waals surface area contributed by atoms with Crippen molar-refractivity contribution in [3.63, 3.8) is 0 Å². The highest BCUT2D eigenvalue weighted by Crippen LogP contribution is 2.18. The molecule has 0 bridgehead atoms. The van der Waals surface area contributed by atoms with Gasteiger partial charge in [-0.25, -0.2) is 0 Å². The summed E-state index contributed by atoms with van der Waals surface area (Å²) < 4.78 is 5.86. The van der Waals surface area contributed by atoms with Gasteiger partial charge in [0.15, 0.2) is 0 Å². The van der Waals surface area contributed by atoms with Gasteiger partial charge in [-0.1, -0.05) is 35.5 Å². The second kappa shape index (κ2) is 6.93. The summed E-state index contributed by atoms with van der Waals surface area (Å²) in [5, 5.41) is 11.9. The first kappa shape index (κ1) is 15.1. The molecule has 0 spiro atoms. The summed E-state index contributed by atoms with van der Waals surface area (Å²) in [6, 6.07) is 14.2. The van der Waals surface area contributed by atoms with Gasteiger partial charge >= 0.3 is 0 Å². The molecule has 2 rings (SSSR count). The van der Waals surface area contributed by atoms with Crippen LogP contribution < -0.4 is 4.74 Å². The van der Waals surface area contributed by atoms with Crippen molar-refractivity contribution < 1.29 is 9.94 Å². The van der Waals surface area contributed by atoms with E-state index in [0.29, 0.717) is 18.7 Å². The molecule has 0 aromatic heterocycles. The molecule has 0 heterocycles. The fraction of sp³-hybridized carbons (Fsp3) is 0.278. The van der Waals surface area contributed by atoms with Gasteiger partial charge in [0, 0.05) is 6.42 Å². The van der Waals surface area contributed by atoms with Crippen LogP contribution in [0, 0.1) is 13.8 Å². The number of aryl methyl sites for hydroxylation is 2. The zero-order valence-electron chi connectivity index (χ0n) is 12.8. The van der Waals surface area contributed by atoms with Crippen molar-refractivity contribution in [2.75, 3.05) is 0 Å². The van der Waals surface area contributed by atoms with Crippen LogP contribution in [0.5, 0.6) is 5.75 Å². The average Bonchev–Trinajstić information content (AvgIpc) is 2.48. The Morgan fingerprint density at radius 2 is 1.67 bits per heavy atom. The van der Waals surface area contributed by atoms with E-state index in [1.165, 1.54) is 16.7 Å². The van der Waals surface area contributed by atoms with Gasteiger partial charge in [-0.15, -0.1) is 0 Å². The van der Waals surface area contributed by atoms with Gasteiger partial charge in [0.1, 0.15) is 12.4 Å². The molecule has 21 heavy (non-hydrogen) atoms. The molecule has 0 aliphatic heterocycles. The molecule has 0 atom stereocenters.